The largest absolute Gasteiger partial charge is 0.401 e. The minimum absolute atomic E-state index is 0.110. The molecule has 0 aromatic heterocycles. The van der Waals surface area contributed by atoms with E-state index in [1.54, 1.807) is 17.0 Å². The van der Waals surface area contributed by atoms with Gasteiger partial charge in [0, 0.05) is 31.1 Å². The van der Waals surface area contributed by atoms with Gasteiger partial charge in [0.25, 0.3) is 0 Å². The van der Waals surface area contributed by atoms with Crippen molar-refractivity contribution in [2.75, 3.05) is 38.5 Å². The number of thioether (sulfide) groups is 1. The first kappa shape index (κ1) is 17.1. The Balaban J connectivity index is 1.74. The van der Waals surface area contributed by atoms with Gasteiger partial charge in [0.05, 0.1) is 12.3 Å². The third-order valence-corrected chi connectivity index (χ3v) is 4.30. The lowest BCUT2D eigenvalue weighted by Gasteiger charge is -2.35. The van der Waals surface area contributed by atoms with Crippen LogP contribution in [0.3, 0.4) is 0 Å². The van der Waals surface area contributed by atoms with Crippen LogP contribution in [0.15, 0.2) is 29.2 Å². The molecule has 2 rings (SSSR count). The molecule has 8 heteroatoms. The summed E-state index contributed by atoms with van der Waals surface area (Å²) in [5.74, 6) is -0.247. The van der Waals surface area contributed by atoms with Crippen molar-refractivity contribution in [2.24, 2.45) is 0 Å². The second-order valence-electron chi connectivity index (χ2n) is 5.01. The van der Waals surface area contributed by atoms with Gasteiger partial charge >= 0.3 is 6.18 Å². The zero-order valence-electron chi connectivity index (χ0n) is 11.8. The molecule has 0 aliphatic carbocycles. The zero-order chi connectivity index (χ0) is 16.2. The molecular formula is C14H16F4N2OS. The van der Waals surface area contributed by atoms with Crippen LogP contribution in [0.2, 0.25) is 0 Å². The van der Waals surface area contributed by atoms with E-state index in [1.165, 1.54) is 28.8 Å². The van der Waals surface area contributed by atoms with Gasteiger partial charge in [-0.2, -0.15) is 13.2 Å². The molecule has 1 aromatic carbocycles. The minimum Gasteiger partial charge on any atom is -0.339 e. The highest BCUT2D eigenvalue weighted by Crippen LogP contribution is 2.20. The fraction of sp³-hybridized carbons (Fsp3) is 0.500. The van der Waals surface area contributed by atoms with Crippen molar-refractivity contribution < 1.29 is 22.4 Å². The Hall–Kier alpha value is -1.28. The summed E-state index contributed by atoms with van der Waals surface area (Å²) in [6.45, 7) is 0.135. The first-order valence-corrected chi connectivity index (χ1v) is 7.77. The van der Waals surface area contributed by atoms with E-state index in [-0.39, 0.29) is 30.6 Å². The number of hydrogen-bond donors (Lipinski definition) is 0. The lowest BCUT2D eigenvalue weighted by molar-refractivity contribution is -0.151. The van der Waals surface area contributed by atoms with Crippen LogP contribution in [0.25, 0.3) is 0 Å². The van der Waals surface area contributed by atoms with Crippen molar-refractivity contribution in [3.05, 3.63) is 30.1 Å². The van der Waals surface area contributed by atoms with E-state index in [2.05, 4.69) is 0 Å². The summed E-state index contributed by atoms with van der Waals surface area (Å²) in [6.07, 6.45) is -4.20. The highest BCUT2D eigenvalue weighted by molar-refractivity contribution is 8.00. The summed E-state index contributed by atoms with van der Waals surface area (Å²) >= 11 is 1.29. The number of alkyl halides is 3. The number of halogens is 4. The Labute approximate surface area is 130 Å². The van der Waals surface area contributed by atoms with Crippen molar-refractivity contribution in [1.82, 2.24) is 9.80 Å². The maximum atomic E-state index is 12.8. The predicted molar refractivity (Wildman–Crippen MR) is 76.2 cm³/mol. The molecule has 1 aliphatic heterocycles. The second-order valence-corrected chi connectivity index (χ2v) is 6.06. The van der Waals surface area contributed by atoms with Crippen LogP contribution >= 0.6 is 11.8 Å². The zero-order valence-corrected chi connectivity index (χ0v) is 12.6. The quantitative estimate of drug-likeness (QED) is 0.624. The molecule has 0 N–H and O–H groups in total. The predicted octanol–water partition coefficient (Wildman–Crippen LogP) is 2.62. The molecule has 0 unspecified atom stereocenters. The molecule has 122 valence electrons. The topological polar surface area (TPSA) is 23.6 Å². The Bertz CT molecular complexity index is 499. The standard InChI is InChI=1S/C14H16F4N2OS/c15-11-1-3-12(4-2-11)22-9-13(21)20-7-5-19(6-8-20)10-14(16,17)18/h1-4H,5-10H2. The van der Waals surface area contributed by atoms with E-state index in [9.17, 15) is 22.4 Å². The van der Waals surface area contributed by atoms with E-state index in [1.807, 2.05) is 0 Å². The molecule has 0 spiro atoms. The van der Waals surface area contributed by atoms with Gasteiger partial charge < -0.3 is 4.90 Å². The molecule has 0 atom stereocenters. The maximum absolute atomic E-state index is 12.8. The van der Waals surface area contributed by atoms with Gasteiger partial charge in [0.2, 0.25) is 5.91 Å². The lowest BCUT2D eigenvalue weighted by Crippen LogP contribution is -2.51. The van der Waals surface area contributed by atoms with Crippen molar-refractivity contribution >= 4 is 17.7 Å². The van der Waals surface area contributed by atoms with Crippen LogP contribution in [-0.2, 0) is 4.79 Å². The average Bonchev–Trinajstić information content (AvgIpc) is 2.45. The van der Waals surface area contributed by atoms with Crippen LogP contribution in [0.4, 0.5) is 17.6 Å². The Morgan fingerprint density at radius 1 is 1.09 bits per heavy atom. The van der Waals surface area contributed by atoms with Gasteiger partial charge in [0.15, 0.2) is 0 Å². The molecule has 1 saturated heterocycles. The van der Waals surface area contributed by atoms with Gasteiger partial charge in [0.1, 0.15) is 5.82 Å². The molecule has 22 heavy (non-hydrogen) atoms. The Morgan fingerprint density at radius 2 is 1.68 bits per heavy atom. The minimum atomic E-state index is -4.20. The van der Waals surface area contributed by atoms with Gasteiger partial charge in [-0.3, -0.25) is 9.69 Å². The van der Waals surface area contributed by atoms with Crippen molar-refractivity contribution in [3.8, 4) is 0 Å². The van der Waals surface area contributed by atoms with E-state index in [4.69, 9.17) is 0 Å². The highest BCUT2D eigenvalue weighted by Gasteiger charge is 2.32. The highest BCUT2D eigenvalue weighted by atomic mass is 32.2. The van der Waals surface area contributed by atoms with Crippen molar-refractivity contribution in [2.45, 2.75) is 11.1 Å². The first-order valence-electron chi connectivity index (χ1n) is 6.79. The summed E-state index contributed by atoms with van der Waals surface area (Å²) < 4.78 is 49.6. The molecule has 0 saturated carbocycles. The second kappa shape index (κ2) is 7.32. The molecular weight excluding hydrogens is 320 g/mol. The van der Waals surface area contributed by atoms with Crippen LogP contribution in [0.5, 0.6) is 0 Å². The van der Waals surface area contributed by atoms with Gasteiger partial charge in [-0.1, -0.05) is 0 Å². The lowest BCUT2D eigenvalue weighted by atomic mass is 10.3. The van der Waals surface area contributed by atoms with E-state index in [0.717, 1.165) is 4.90 Å². The van der Waals surface area contributed by atoms with E-state index < -0.39 is 12.7 Å². The third-order valence-electron chi connectivity index (χ3n) is 3.30. The number of amides is 1. The fourth-order valence-corrected chi connectivity index (χ4v) is 2.98. The molecule has 1 heterocycles. The number of rotatable bonds is 4. The number of piperazine rings is 1. The summed E-state index contributed by atoms with van der Waals surface area (Å²) in [5, 5.41) is 0. The molecule has 1 amide bonds. The van der Waals surface area contributed by atoms with Crippen molar-refractivity contribution in [3.63, 3.8) is 0 Å². The number of benzene rings is 1. The van der Waals surface area contributed by atoms with E-state index in [0.29, 0.717) is 13.1 Å². The van der Waals surface area contributed by atoms with E-state index >= 15 is 0 Å². The third kappa shape index (κ3) is 5.49. The van der Waals surface area contributed by atoms with Crippen LogP contribution < -0.4 is 0 Å². The van der Waals surface area contributed by atoms with Crippen molar-refractivity contribution in [1.29, 1.82) is 0 Å². The van der Waals surface area contributed by atoms with Crippen LogP contribution in [0.1, 0.15) is 0 Å². The molecule has 0 bridgehead atoms. The molecule has 3 nitrogen and oxygen atoms in total. The number of carbonyl (C=O) groups excluding carboxylic acids is 1. The van der Waals surface area contributed by atoms with Crippen LogP contribution in [-0.4, -0.2) is 60.4 Å². The smallest absolute Gasteiger partial charge is 0.339 e. The molecule has 1 aliphatic rings. The van der Waals surface area contributed by atoms with Crippen LogP contribution in [0, 0.1) is 5.82 Å². The molecule has 0 radical (unpaired) electrons. The normalized spacial score (nSPS) is 16.8. The number of nitrogens with zero attached hydrogens (tertiary/aromatic N) is 2. The van der Waals surface area contributed by atoms with Gasteiger partial charge in [-0.05, 0) is 24.3 Å². The number of carbonyl (C=O) groups is 1. The summed E-state index contributed by atoms with van der Waals surface area (Å²) in [5.41, 5.74) is 0. The van der Waals surface area contributed by atoms with Gasteiger partial charge in [-0.15, -0.1) is 11.8 Å². The average molecular weight is 336 g/mol. The number of hydrogen-bond acceptors (Lipinski definition) is 3. The van der Waals surface area contributed by atoms with Gasteiger partial charge in [-0.25, -0.2) is 4.39 Å². The summed E-state index contributed by atoms with van der Waals surface area (Å²) in [6, 6.07) is 5.83. The summed E-state index contributed by atoms with van der Waals surface area (Å²) in [7, 11) is 0. The summed E-state index contributed by atoms with van der Waals surface area (Å²) in [4.78, 5) is 15.7. The SMILES string of the molecule is O=C(CSc1ccc(F)cc1)N1CCN(CC(F)(F)F)CC1. The fourth-order valence-electron chi connectivity index (χ4n) is 2.18. The molecule has 1 fully saturated rings. The Morgan fingerprint density at radius 3 is 2.23 bits per heavy atom. The maximum Gasteiger partial charge on any atom is 0.401 e. The Kier molecular flexibility index (Phi) is 5.69. The first-order chi connectivity index (χ1) is 10.3. The molecule has 1 aromatic rings. The monoisotopic (exact) mass is 336 g/mol.